The maximum Gasteiger partial charge on any atom is 0.253 e. The highest BCUT2D eigenvalue weighted by Gasteiger charge is 2.25. The zero-order valence-electron chi connectivity index (χ0n) is 15.9. The minimum absolute atomic E-state index is 0.0212. The first-order valence-electron chi connectivity index (χ1n) is 9.24. The number of para-hydroxylation sites is 1. The van der Waals surface area contributed by atoms with Crippen LogP contribution in [0.5, 0.6) is 5.75 Å². The Morgan fingerprint density at radius 3 is 2.64 bits per heavy atom. The number of ether oxygens (including phenoxy) is 1. The zero-order chi connectivity index (χ0) is 20.1. The summed E-state index contributed by atoms with van der Waals surface area (Å²) >= 11 is 0. The van der Waals surface area contributed by atoms with Crippen LogP contribution in [-0.2, 0) is 4.79 Å². The van der Waals surface area contributed by atoms with Crippen molar-refractivity contribution in [2.45, 2.75) is 31.8 Å². The normalized spacial score (nSPS) is 14.2. The molecule has 2 aromatic rings. The first-order valence-corrected chi connectivity index (χ1v) is 9.24. The maximum absolute atomic E-state index is 13.8. The van der Waals surface area contributed by atoms with Gasteiger partial charge in [-0.05, 0) is 49.6 Å². The summed E-state index contributed by atoms with van der Waals surface area (Å²) < 4.78 is 18.8. The highest BCUT2D eigenvalue weighted by Crippen LogP contribution is 2.23. The van der Waals surface area contributed by atoms with E-state index in [1.807, 2.05) is 6.92 Å². The van der Waals surface area contributed by atoms with Gasteiger partial charge in [0.1, 0.15) is 0 Å². The van der Waals surface area contributed by atoms with Crippen LogP contribution in [0.25, 0.3) is 0 Å². The molecule has 1 saturated carbocycles. The molecule has 148 valence electrons. The zero-order valence-corrected chi connectivity index (χ0v) is 15.9. The molecule has 28 heavy (non-hydrogen) atoms. The van der Waals surface area contributed by atoms with Crippen LogP contribution < -0.4 is 20.7 Å². The Kier molecular flexibility index (Phi) is 6.26. The molecular formula is C21H24FN3O3. The molecule has 2 aromatic carbocycles. The van der Waals surface area contributed by atoms with Crippen LogP contribution in [0.4, 0.5) is 10.1 Å². The fraction of sp³-hybridized carbons (Fsp3) is 0.333. The molecular weight excluding hydrogens is 361 g/mol. The topological polar surface area (TPSA) is 79.5 Å². The number of hydrogen-bond acceptors (Lipinski definition) is 4. The average molecular weight is 385 g/mol. The van der Waals surface area contributed by atoms with Crippen LogP contribution in [0.3, 0.4) is 0 Å². The number of anilines is 1. The van der Waals surface area contributed by atoms with E-state index in [1.165, 1.54) is 13.2 Å². The third-order valence-electron chi connectivity index (χ3n) is 4.60. The van der Waals surface area contributed by atoms with Gasteiger partial charge in [-0.25, -0.2) is 4.39 Å². The van der Waals surface area contributed by atoms with E-state index in [0.29, 0.717) is 16.8 Å². The molecule has 0 bridgehead atoms. The molecule has 2 amide bonds. The van der Waals surface area contributed by atoms with Crippen LogP contribution >= 0.6 is 0 Å². The van der Waals surface area contributed by atoms with Crippen molar-refractivity contribution in [2.24, 2.45) is 0 Å². The predicted octanol–water partition coefficient (Wildman–Crippen LogP) is 3.02. The first-order chi connectivity index (χ1) is 13.5. The lowest BCUT2D eigenvalue weighted by Crippen LogP contribution is -2.31. The van der Waals surface area contributed by atoms with Gasteiger partial charge in [-0.2, -0.15) is 0 Å². The molecule has 7 heteroatoms. The lowest BCUT2D eigenvalue weighted by molar-refractivity contribution is -0.115. The number of carbonyl (C=O) groups is 2. The molecule has 1 atom stereocenters. The molecule has 3 N–H and O–H groups in total. The van der Waals surface area contributed by atoms with Gasteiger partial charge in [-0.1, -0.05) is 18.2 Å². The Balaban J connectivity index is 1.57. The lowest BCUT2D eigenvalue weighted by atomic mass is 10.1. The molecule has 1 aliphatic carbocycles. The molecule has 6 nitrogen and oxygen atoms in total. The van der Waals surface area contributed by atoms with Crippen molar-refractivity contribution in [1.82, 2.24) is 10.6 Å². The lowest BCUT2D eigenvalue weighted by Gasteiger charge is -2.16. The number of benzene rings is 2. The van der Waals surface area contributed by atoms with E-state index in [2.05, 4.69) is 16.0 Å². The van der Waals surface area contributed by atoms with E-state index < -0.39 is 5.82 Å². The summed E-state index contributed by atoms with van der Waals surface area (Å²) in [5.41, 5.74) is 1.61. The van der Waals surface area contributed by atoms with Crippen molar-refractivity contribution in [3.8, 4) is 5.75 Å². The molecule has 1 aliphatic rings. The minimum atomic E-state index is -0.450. The van der Waals surface area contributed by atoms with Crippen molar-refractivity contribution >= 4 is 17.5 Å². The molecule has 0 aromatic heterocycles. The highest BCUT2D eigenvalue weighted by molar-refractivity contribution is 6.04. The predicted molar refractivity (Wildman–Crippen MR) is 105 cm³/mol. The van der Waals surface area contributed by atoms with Crippen molar-refractivity contribution in [3.63, 3.8) is 0 Å². The summed E-state index contributed by atoms with van der Waals surface area (Å²) in [6.45, 7) is 1.86. The summed E-state index contributed by atoms with van der Waals surface area (Å²) in [6, 6.07) is 11.6. The number of hydrogen-bond donors (Lipinski definition) is 3. The Labute approximate surface area is 163 Å². The standard InChI is InChI=1S/C21H24FN3O3/c1-13(14-7-10-19(28-2)17(22)11-14)23-12-20(26)25-18-6-4-3-5-16(18)21(27)24-15-8-9-15/h3-7,10-11,13,15,23H,8-9,12H2,1-2H3,(H,24,27)(H,25,26)/t13-/m1/s1. The second-order valence-electron chi connectivity index (χ2n) is 6.84. The molecule has 0 radical (unpaired) electrons. The number of nitrogens with one attached hydrogen (secondary N) is 3. The Hall–Kier alpha value is -2.93. The molecule has 0 unspecified atom stereocenters. The Morgan fingerprint density at radius 1 is 1.21 bits per heavy atom. The largest absolute Gasteiger partial charge is 0.494 e. The molecule has 0 spiro atoms. The van der Waals surface area contributed by atoms with Crippen LogP contribution in [0, 0.1) is 5.82 Å². The first kappa shape index (κ1) is 19.8. The van der Waals surface area contributed by atoms with Crippen molar-refractivity contribution < 1.29 is 18.7 Å². The number of halogens is 1. The van der Waals surface area contributed by atoms with Gasteiger partial charge in [-0.15, -0.1) is 0 Å². The van der Waals surface area contributed by atoms with E-state index in [1.54, 1.807) is 36.4 Å². The smallest absolute Gasteiger partial charge is 0.253 e. The van der Waals surface area contributed by atoms with Crippen LogP contribution in [0.2, 0.25) is 0 Å². The van der Waals surface area contributed by atoms with Gasteiger partial charge in [0, 0.05) is 12.1 Å². The summed E-state index contributed by atoms with van der Waals surface area (Å²) in [7, 11) is 1.41. The van der Waals surface area contributed by atoms with Crippen molar-refractivity contribution in [2.75, 3.05) is 19.0 Å². The molecule has 0 heterocycles. The van der Waals surface area contributed by atoms with Gasteiger partial charge in [-0.3, -0.25) is 9.59 Å². The van der Waals surface area contributed by atoms with Gasteiger partial charge in [0.15, 0.2) is 11.6 Å². The van der Waals surface area contributed by atoms with Crippen LogP contribution in [-0.4, -0.2) is 31.5 Å². The van der Waals surface area contributed by atoms with E-state index in [0.717, 1.165) is 12.8 Å². The monoisotopic (exact) mass is 385 g/mol. The second kappa shape index (κ2) is 8.84. The SMILES string of the molecule is COc1ccc([C@@H](C)NCC(=O)Nc2ccccc2C(=O)NC2CC2)cc1F. The molecule has 0 aliphatic heterocycles. The summed E-state index contributed by atoms with van der Waals surface area (Å²) in [6.07, 6.45) is 1.99. The van der Waals surface area contributed by atoms with Gasteiger partial charge in [0.2, 0.25) is 5.91 Å². The molecule has 0 saturated heterocycles. The summed E-state index contributed by atoms with van der Waals surface area (Å²) in [4.78, 5) is 24.6. The fourth-order valence-corrected chi connectivity index (χ4v) is 2.79. The summed E-state index contributed by atoms with van der Waals surface area (Å²) in [5.74, 6) is -0.746. The van der Waals surface area contributed by atoms with Gasteiger partial charge >= 0.3 is 0 Å². The second-order valence-corrected chi connectivity index (χ2v) is 6.84. The average Bonchev–Trinajstić information content (AvgIpc) is 3.50. The third-order valence-corrected chi connectivity index (χ3v) is 4.60. The molecule has 1 fully saturated rings. The minimum Gasteiger partial charge on any atom is -0.494 e. The number of rotatable bonds is 8. The van der Waals surface area contributed by atoms with Crippen molar-refractivity contribution in [1.29, 1.82) is 0 Å². The van der Waals surface area contributed by atoms with Crippen LogP contribution in [0.1, 0.15) is 41.7 Å². The van der Waals surface area contributed by atoms with E-state index in [9.17, 15) is 14.0 Å². The Morgan fingerprint density at radius 2 is 1.96 bits per heavy atom. The third kappa shape index (κ3) is 5.07. The number of amides is 2. The van der Waals surface area contributed by atoms with Crippen molar-refractivity contribution in [3.05, 3.63) is 59.4 Å². The van der Waals surface area contributed by atoms with Gasteiger partial charge in [0.05, 0.1) is 24.9 Å². The quantitative estimate of drug-likeness (QED) is 0.653. The van der Waals surface area contributed by atoms with E-state index in [-0.39, 0.29) is 36.2 Å². The molecule has 3 rings (SSSR count). The highest BCUT2D eigenvalue weighted by atomic mass is 19.1. The van der Waals surface area contributed by atoms with Gasteiger partial charge in [0.25, 0.3) is 5.91 Å². The number of carbonyl (C=O) groups excluding carboxylic acids is 2. The fourth-order valence-electron chi connectivity index (χ4n) is 2.79. The van der Waals surface area contributed by atoms with Crippen LogP contribution in [0.15, 0.2) is 42.5 Å². The maximum atomic E-state index is 13.8. The van der Waals surface area contributed by atoms with E-state index >= 15 is 0 Å². The van der Waals surface area contributed by atoms with Gasteiger partial charge < -0.3 is 20.7 Å². The Bertz CT molecular complexity index is 868. The van der Waals surface area contributed by atoms with E-state index in [4.69, 9.17) is 4.74 Å². The number of methoxy groups -OCH3 is 1. The summed E-state index contributed by atoms with van der Waals surface area (Å²) in [5, 5.41) is 8.74.